The van der Waals surface area contributed by atoms with E-state index in [-0.39, 0.29) is 62.4 Å². The zero-order chi connectivity index (χ0) is 50.7. The molecule has 7 unspecified atom stereocenters. The Morgan fingerprint density at radius 2 is 0.836 bits per heavy atom. The summed E-state index contributed by atoms with van der Waals surface area (Å²) < 4.78 is 22.2. The molecule has 0 N–H and O–H groups in total. The van der Waals surface area contributed by atoms with Crippen LogP contribution in [0.1, 0.15) is 106 Å². The molecule has 0 aromatic heterocycles. The van der Waals surface area contributed by atoms with Crippen molar-refractivity contribution >= 4 is 48.2 Å². The number of benzene rings is 2. The summed E-state index contributed by atoms with van der Waals surface area (Å²) in [5.74, 6) is -4.82. The van der Waals surface area contributed by atoms with Crippen LogP contribution >= 0.6 is 0 Å². The summed E-state index contributed by atoms with van der Waals surface area (Å²) in [6, 6.07) is 14.0. The molecule has 16 nitrogen and oxygen atoms in total. The van der Waals surface area contributed by atoms with Crippen molar-refractivity contribution in [2.45, 2.75) is 150 Å². The van der Waals surface area contributed by atoms with Gasteiger partial charge in [0.1, 0.15) is 18.1 Å². The van der Waals surface area contributed by atoms with E-state index < -0.39 is 78.2 Å². The number of likely N-dealkylation sites (N-methyl/N-ethyl adjacent to an activating group) is 4. The molecule has 2 aromatic carbocycles. The van der Waals surface area contributed by atoms with Gasteiger partial charge in [-0.2, -0.15) is 0 Å². The van der Waals surface area contributed by atoms with E-state index in [0.29, 0.717) is 11.5 Å². The maximum Gasteiger partial charge on any atom is 0.418 e. The lowest BCUT2D eigenvalue weighted by Gasteiger charge is -2.34. The summed E-state index contributed by atoms with van der Waals surface area (Å²) in [5, 5.41) is 0. The van der Waals surface area contributed by atoms with E-state index in [2.05, 4.69) is 13.8 Å². The number of esters is 3. The van der Waals surface area contributed by atoms with Crippen molar-refractivity contribution in [3.8, 4) is 0 Å². The maximum atomic E-state index is 14.5. The molecule has 0 aliphatic carbocycles. The highest BCUT2D eigenvalue weighted by molar-refractivity contribution is 5.94. The molecule has 7 atom stereocenters. The zero-order valence-corrected chi connectivity index (χ0v) is 42.1. The molecule has 4 amide bonds. The Kier molecular flexibility index (Phi) is 23.7. The maximum absolute atomic E-state index is 14.5. The van der Waals surface area contributed by atoms with Crippen LogP contribution in [0.2, 0.25) is 0 Å². The molecular weight excluding hydrogens is 861 g/mol. The second-order valence-corrected chi connectivity index (χ2v) is 19.2. The van der Waals surface area contributed by atoms with Crippen LogP contribution in [0.5, 0.6) is 0 Å². The molecule has 0 aliphatic rings. The van der Waals surface area contributed by atoms with Crippen LogP contribution in [0.25, 0.3) is 0 Å². The van der Waals surface area contributed by atoms with E-state index >= 15 is 0 Å². The van der Waals surface area contributed by atoms with Crippen LogP contribution in [0.15, 0.2) is 60.7 Å². The Hall–Kier alpha value is -5.80. The van der Waals surface area contributed by atoms with Gasteiger partial charge in [0.25, 0.3) is 24.2 Å². The number of rotatable bonds is 26. The molecule has 2 rings (SSSR count). The first-order valence-electron chi connectivity index (χ1n) is 23.3. The van der Waals surface area contributed by atoms with Gasteiger partial charge < -0.3 is 33.6 Å². The Balaban J connectivity index is 2.47. The van der Waals surface area contributed by atoms with Gasteiger partial charge in [0.15, 0.2) is 18.3 Å². The summed E-state index contributed by atoms with van der Waals surface area (Å²) in [7, 11) is 5.70. The summed E-state index contributed by atoms with van der Waals surface area (Å²) in [6.07, 6.45) is -4.08. The van der Waals surface area contributed by atoms with Gasteiger partial charge in [-0.15, -0.1) is 0 Å². The molecule has 0 saturated carbocycles. The van der Waals surface area contributed by atoms with Crippen LogP contribution in [0.4, 0.5) is 4.79 Å². The summed E-state index contributed by atoms with van der Waals surface area (Å²) in [4.78, 5) is 114. The zero-order valence-electron chi connectivity index (χ0n) is 42.1. The predicted molar refractivity (Wildman–Crippen MR) is 253 cm³/mol. The highest BCUT2D eigenvalue weighted by Gasteiger charge is 2.41. The minimum Gasteiger partial charge on any atom is -0.455 e. The summed E-state index contributed by atoms with van der Waals surface area (Å²) in [6.45, 7) is 18.6. The van der Waals surface area contributed by atoms with Crippen molar-refractivity contribution in [3.63, 3.8) is 0 Å². The first kappa shape index (κ1) is 57.3. The topological polar surface area (TPSA) is 186 Å². The Morgan fingerprint density at radius 1 is 0.478 bits per heavy atom. The number of hydrogen-bond acceptors (Lipinski definition) is 12. The van der Waals surface area contributed by atoms with Gasteiger partial charge in [-0.05, 0) is 74.3 Å². The minimum atomic E-state index is -1.49. The Labute approximate surface area is 398 Å². The van der Waals surface area contributed by atoms with Gasteiger partial charge in [-0.1, -0.05) is 116 Å². The third-order valence-electron chi connectivity index (χ3n) is 11.5. The van der Waals surface area contributed by atoms with E-state index in [1.165, 1.54) is 28.1 Å². The molecule has 0 radical (unpaired) electrons. The standard InChI is InChI=1S/C51H76N4O12/c1-32(2)25-36(9)52(11)46(58)43(29-38-21-17-15-18-22-38)65-49(61)42(28-35(7)8)55(14)51(63)67-50(62)41(27-34(5)6)54(13)47(59)44(30-39-23-19-16-20-24-39)66-48(60)40(26-33(3)4)53(12)45(57)37(10)64-31-56/h15-24,31-37,40-44H,25-30H2,1-14H3. The highest BCUT2D eigenvalue weighted by Crippen LogP contribution is 2.23. The van der Waals surface area contributed by atoms with Crippen molar-refractivity contribution in [1.29, 1.82) is 0 Å². The van der Waals surface area contributed by atoms with Gasteiger partial charge in [-0.3, -0.25) is 24.1 Å². The monoisotopic (exact) mass is 937 g/mol. The number of carbonyl (C=O) groups excluding carboxylic acids is 8. The molecular formula is C51H76N4O12. The van der Waals surface area contributed by atoms with Crippen molar-refractivity contribution in [3.05, 3.63) is 71.8 Å². The smallest absolute Gasteiger partial charge is 0.418 e. The fraction of sp³-hybridized carbons (Fsp3) is 0.608. The summed E-state index contributed by atoms with van der Waals surface area (Å²) in [5.41, 5.74) is 1.40. The van der Waals surface area contributed by atoms with Crippen LogP contribution in [-0.2, 0) is 65.4 Å². The second-order valence-electron chi connectivity index (χ2n) is 19.2. The molecule has 2 aromatic rings. The van der Waals surface area contributed by atoms with E-state index in [9.17, 15) is 38.4 Å². The van der Waals surface area contributed by atoms with E-state index in [4.69, 9.17) is 18.9 Å². The first-order chi connectivity index (χ1) is 31.4. The van der Waals surface area contributed by atoms with E-state index in [1.807, 2.05) is 78.8 Å². The number of carbonyl (C=O) groups is 8. The molecule has 0 spiro atoms. The molecule has 16 heteroatoms. The number of hydrogen-bond donors (Lipinski definition) is 0. The molecule has 67 heavy (non-hydrogen) atoms. The lowest BCUT2D eigenvalue weighted by Crippen LogP contribution is -2.53. The largest absolute Gasteiger partial charge is 0.455 e. The van der Waals surface area contributed by atoms with Gasteiger partial charge in [0.2, 0.25) is 0 Å². The van der Waals surface area contributed by atoms with E-state index in [1.54, 1.807) is 42.3 Å². The lowest BCUT2D eigenvalue weighted by atomic mass is 10.0. The predicted octanol–water partition coefficient (Wildman–Crippen LogP) is 6.51. The van der Waals surface area contributed by atoms with Gasteiger partial charge in [-0.25, -0.2) is 19.2 Å². The average Bonchev–Trinajstić information content (AvgIpc) is 3.27. The third-order valence-corrected chi connectivity index (χ3v) is 11.5. The third kappa shape index (κ3) is 18.4. The van der Waals surface area contributed by atoms with Crippen LogP contribution < -0.4 is 0 Å². The Bertz CT molecular complexity index is 1920. The first-order valence-corrected chi connectivity index (χ1v) is 23.3. The molecule has 0 aliphatic heterocycles. The van der Waals surface area contributed by atoms with Crippen molar-refractivity contribution in [2.24, 2.45) is 23.7 Å². The van der Waals surface area contributed by atoms with Crippen molar-refractivity contribution in [2.75, 3.05) is 28.2 Å². The van der Waals surface area contributed by atoms with Crippen LogP contribution in [0.3, 0.4) is 0 Å². The summed E-state index contributed by atoms with van der Waals surface area (Å²) >= 11 is 0. The van der Waals surface area contributed by atoms with Crippen LogP contribution in [-0.4, -0.2) is 138 Å². The molecule has 0 bridgehead atoms. The van der Waals surface area contributed by atoms with Crippen molar-refractivity contribution < 1.29 is 57.3 Å². The number of nitrogens with zero attached hydrogens (tertiary/aromatic N) is 4. The average molecular weight is 937 g/mol. The molecule has 0 heterocycles. The highest BCUT2D eigenvalue weighted by atomic mass is 16.6. The van der Waals surface area contributed by atoms with E-state index in [0.717, 1.165) is 26.7 Å². The van der Waals surface area contributed by atoms with Gasteiger partial charge >= 0.3 is 24.0 Å². The second kappa shape index (κ2) is 27.7. The molecule has 0 fully saturated rings. The van der Waals surface area contributed by atoms with Crippen molar-refractivity contribution in [1.82, 2.24) is 19.6 Å². The fourth-order valence-corrected chi connectivity index (χ4v) is 7.63. The number of ether oxygens (including phenoxy) is 4. The van der Waals surface area contributed by atoms with Gasteiger partial charge in [0, 0.05) is 47.1 Å². The SMILES string of the molecule is CC(C)CC(C)N(C)C(=O)C(Cc1ccccc1)OC(=O)C(CC(C)C)N(C)C(=O)OC(=O)C(CC(C)C)N(C)C(=O)C(Cc1ccccc1)OC(=O)C(CC(C)C)N(C)C(=O)C(C)OC=O. The normalized spacial score (nSPS) is 14.5. The Morgan fingerprint density at radius 3 is 1.22 bits per heavy atom. The fourth-order valence-electron chi connectivity index (χ4n) is 7.63. The molecule has 0 saturated heterocycles. The lowest BCUT2D eigenvalue weighted by molar-refractivity contribution is -0.170. The molecule has 372 valence electrons. The van der Waals surface area contributed by atoms with Gasteiger partial charge in [0.05, 0.1) is 0 Å². The quantitative estimate of drug-likeness (QED) is 0.0432. The minimum absolute atomic E-state index is 0.0371. The van der Waals surface area contributed by atoms with Crippen LogP contribution in [0, 0.1) is 23.7 Å². The number of amides is 4.